The Bertz CT molecular complexity index is 510. The van der Waals surface area contributed by atoms with Gasteiger partial charge in [-0.25, -0.2) is 0 Å². The Labute approximate surface area is 105 Å². The van der Waals surface area contributed by atoms with Gasteiger partial charge in [0, 0.05) is 5.57 Å². The summed E-state index contributed by atoms with van der Waals surface area (Å²) in [5, 5.41) is 21.2. The third kappa shape index (κ3) is 3.92. The Balaban J connectivity index is 3.14. The number of furan rings is 1. The molecule has 6 heteroatoms. The summed E-state index contributed by atoms with van der Waals surface area (Å²) in [6.45, 7) is 1.33. The van der Waals surface area contributed by atoms with Crippen molar-refractivity contribution in [3.63, 3.8) is 0 Å². The molecule has 0 saturated heterocycles. The summed E-state index contributed by atoms with van der Waals surface area (Å²) in [5.41, 5.74) is -0.270. The van der Waals surface area contributed by atoms with E-state index >= 15 is 0 Å². The van der Waals surface area contributed by atoms with Gasteiger partial charge in [0.2, 0.25) is 0 Å². The average Bonchev–Trinajstić information content (AvgIpc) is 2.58. The first-order valence-electron chi connectivity index (χ1n) is 4.48. The van der Waals surface area contributed by atoms with Gasteiger partial charge < -0.3 is 24.2 Å². The number of carbonyl (C=O) groups excluding carboxylic acids is 2. The van der Waals surface area contributed by atoms with Gasteiger partial charge in [-0.15, -0.1) is 0 Å². The van der Waals surface area contributed by atoms with Crippen LogP contribution in [0.4, 0.5) is 0 Å². The number of carboxylic acid groups (broad SMARTS) is 2. The number of carbonyl (C=O) groups is 2. The summed E-state index contributed by atoms with van der Waals surface area (Å²) in [7, 11) is 0. The molecular formula is C11H7BrO5-2. The standard InChI is InChI=1S/C11H9BrO5/c1-6(4-10(13)14)8(11(15)16)5-7-2-3-9(12)17-7/h2-5H,1H3,(H,13,14)(H,15,16)/p-2/b6-4-,8-5+. The van der Waals surface area contributed by atoms with Gasteiger partial charge in [0.25, 0.3) is 0 Å². The van der Waals surface area contributed by atoms with Crippen LogP contribution in [-0.2, 0) is 9.59 Å². The second-order valence-electron chi connectivity index (χ2n) is 3.13. The Kier molecular flexibility index (Phi) is 4.28. The van der Waals surface area contributed by atoms with E-state index in [1.54, 1.807) is 6.07 Å². The van der Waals surface area contributed by atoms with Crippen molar-refractivity contribution in [2.24, 2.45) is 0 Å². The van der Waals surface area contributed by atoms with E-state index in [1.807, 2.05) is 0 Å². The predicted octanol–water partition coefficient (Wildman–Crippen LogP) is -0.128. The molecule has 1 aromatic rings. The molecule has 1 aromatic heterocycles. The first kappa shape index (κ1) is 13.2. The summed E-state index contributed by atoms with van der Waals surface area (Å²) in [5.74, 6) is -2.70. The van der Waals surface area contributed by atoms with Crippen molar-refractivity contribution in [3.8, 4) is 0 Å². The molecule has 0 fully saturated rings. The van der Waals surface area contributed by atoms with Crippen LogP contribution >= 0.6 is 15.9 Å². The van der Waals surface area contributed by atoms with Gasteiger partial charge in [-0.3, -0.25) is 0 Å². The first-order valence-corrected chi connectivity index (χ1v) is 5.27. The van der Waals surface area contributed by atoms with Crippen molar-refractivity contribution in [2.75, 3.05) is 0 Å². The van der Waals surface area contributed by atoms with Crippen LogP contribution in [0.25, 0.3) is 6.08 Å². The van der Waals surface area contributed by atoms with E-state index in [4.69, 9.17) is 4.42 Å². The molecule has 0 saturated carbocycles. The highest BCUT2D eigenvalue weighted by Gasteiger charge is 2.04. The molecule has 0 N–H and O–H groups in total. The second kappa shape index (κ2) is 5.49. The highest BCUT2D eigenvalue weighted by Crippen LogP contribution is 2.19. The normalized spacial score (nSPS) is 12.6. The van der Waals surface area contributed by atoms with Gasteiger partial charge in [-0.1, -0.05) is 0 Å². The largest absolute Gasteiger partial charge is 0.545 e. The number of hydrogen-bond acceptors (Lipinski definition) is 5. The Morgan fingerprint density at radius 3 is 2.41 bits per heavy atom. The van der Waals surface area contributed by atoms with Crippen molar-refractivity contribution in [1.82, 2.24) is 0 Å². The number of carboxylic acids is 2. The van der Waals surface area contributed by atoms with Gasteiger partial charge in [0.15, 0.2) is 4.67 Å². The van der Waals surface area contributed by atoms with E-state index in [2.05, 4.69) is 15.9 Å². The van der Waals surface area contributed by atoms with E-state index in [1.165, 1.54) is 19.1 Å². The Morgan fingerprint density at radius 1 is 1.35 bits per heavy atom. The number of rotatable bonds is 4. The highest BCUT2D eigenvalue weighted by molar-refractivity contribution is 9.10. The molecule has 0 spiro atoms. The molecule has 0 radical (unpaired) electrons. The Morgan fingerprint density at radius 2 is 2.00 bits per heavy atom. The molecule has 1 heterocycles. The fourth-order valence-electron chi connectivity index (χ4n) is 1.14. The molecule has 0 unspecified atom stereocenters. The van der Waals surface area contributed by atoms with Gasteiger partial charge >= 0.3 is 0 Å². The van der Waals surface area contributed by atoms with Gasteiger partial charge in [0.1, 0.15) is 5.76 Å². The minimum Gasteiger partial charge on any atom is -0.545 e. The smallest absolute Gasteiger partial charge is 0.169 e. The minimum absolute atomic E-state index is 0.0116. The summed E-state index contributed by atoms with van der Waals surface area (Å²) < 4.78 is 5.51. The third-order valence-corrected chi connectivity index (χ3v) is 2.29. The summed E-state index contributed by atoms with van der Waals surface area (Å²) >= 11 is 3.06. The molecule has 0 amide bonds. The van der Waals surface area contributed by atoms with Crippen LogP contribution < -0.4 is 10.2 Å². The molecule has 0 bridgehead atoms. The summed E-state index contributed by atoms with van der Waals surface area (Å²) in [6, 6.07) is 3.11. The van der Waals surface area contributed by atoms with Crippen LogP contribution in [0.5, 0.6) is 0 Å². The van der Waals surface area contributed by atoms with Crippen molar-refractivity contribution in [1.29, 1.82) is 0 Å². The van der Waals surface area contributed by atoms with E-state index < -0.39 is 11.9 Å². The zero-order chi connectivity index (χ0) is 13.0. The Hall–Kier alpha value is -1.82. The quantitative estimate of drug-likeness (QED) is 0.570. The molecule has 0 aliphatic heterocycles. The van der Waals surface area contributed by atoms with E-state index in [0.29, 0.717) is 10.7 Å². The van der Waals surface area contributed by atoms with Crippen LogP contribution in [0, 0.1) is 0 Å². The van der Waals surface area contributed by atoms with Crippen LogP contribution in [-0.4, -0.2) is 11.9 Å². The molecule has 90 valence electrons. The fourth-order valence-corrected chi connectivity index (χ4v) is 1.46. The first-order chi connectivity index (χ1) is 7.90. The van der Waals surface area contributed by atoms with E-state index in [9.17, 15) is 19.8 Å². The minimum atomic E-state index is -1.49. The molecule has 5 nitrogen and oxygen atoms in total. The summed E-state index contributed by atoms with van der Waals surface area (Å²) in [4.78, 5) is 21.2. The van der Waals surface area contributed by atoms with Gasteiger partial charge in [-0.05, 0) is 52.7 Å². The van der Waals surface area contributed by atoms with E-state index in [-0.39, 0.29) is 16.9 Å². The predicted molar refractivity (Wildman–Crippen MR) is 58.2 cm³/mol. The van der Waals surface area contributed by atoms with Crippen LogP contribution in [0.2, 0.25) is 0 Å². The zero-order valence-electron chi connectivity index (χ0n) is 8.73. The number of aliphatic carboxylic acids is 2. The SMILES string of the molecule is CC(=C/C(=O)[O-])/C(=C\c1ccc(Br)o1)C(=O)[O-]. The van der Waals surface area contributed by atoms with Crippen molar-refractivity contribution in [3.05, 3.63) is 39.8 Å². The fraction of sp³-hybridized carbons (Fsp3) is 0.0909. The maximum atomic E-state index is 10.8. The molecule has 0 atom stereocenters. The second-order valence-corrected chi connectivity index (χ2v) is 3.92. The lowest BCUT2D eigenvalue weighted by molar-refractivity contribution is -0.298. The highest BCUT2D eigenvalue weighted by atomic mass is 79.9. The molecule has 0 aliphatic rings. The third-order valence-electron chi connectivity index (χ3n) is 1.86. The maximum absolute atomic E-state index is 10.8. The van der Waals surface area contributed by atoms with E-state index in [0.717, 1.165) is 0 Å². The zero-order valence-corrected chi connectivity index (χ0v) is 10.3. The topological polar surface area (TPSA) is 93.4 Å². The molecule has 0 aliphatic carbocycles. The summed E-state index contributed by atoms with van der Waals surface area (Å²) in [6.07, 6.45) is 1.86. The monoisotopic (exact) mass is 298 g/mol. The van der Waals surface area contributed by atoms with Gasteiger partial charge in [0.05, 0.1) is 11.9 Å². The van der Waals surface area contributed by atoms with Crippen molar-refractivity contribution >= 4 is 33.9 Å². The molecule has 17 heavy (non-hydrogen) atoms. The average molecular weight is 299 g/mol. The van der Waals surface area contributed by atoms with Crippen LogP contribution in [0.15, 0.2) is 38.4 Å². The van der Waals surface area contributed by atoms with Gasteiger partial charge in [-0.2, -0.15) is 0 Å². The van der Waals surface area contributed by atoms with Crippen molar-refractivity contribution in [2.45, 2.75) is 6.92 Å². The lowest BCUT2D eigenvalue weighted by Crippen LogP contribution is -2.26. The molecular weight excluding hydrogens is 292 g/mol. The van der Waals surface area contributed by atoms with Crippen molar-refractivity contribution < 1.29 is 24.2 Å². The van der Waals surface area contributed by atoms with Crippen LogP contribution in [0.3, 0.4) is 0 Å². The number of halogens is 1. The lowest BCUT2D eigenvalue weighted by Gasteiger charge is -2.09. The maximum Gasteiger partial charge on any atom is 0.169 e. The lowest BCUT2D eigenvalue weighted by atomic mass is 10.1. The number of hydrogen-bond donors (Lipinski definition) is 0. The molecule has 1 rings (SSSR count). The van der Waals surface area contributed by atoms with Crippen LogP contribution in [0.1, 0.15) is 12.7 Å². The molecule has 0 aromatic carbocycles.